The van der Waals surface area contributed by atoms with Gasteiger partial charge in [-0.2, -0.15) is 0 Å². The van der Waals surface area contributed by atoms with Crippen LogP contribution < -0.4 is 5.69 Å². The minimum absolute atomic E-state index is 0. The SMILES string of the molecule is CN1[C@@H]2CC[C@H]1CC(Sc1ccc3[nH]c(=O)n(C)c3c1Cl)C2.Cl. The maximum absolute atomic E-state index is 11.8. The van der Waals surface area contributed by atoms with E-state index in [-0.39, 0.29) is 18.1 Å². The van der Waals surface area contributed by atoms with Crippen molar-refractivity contribution in [1.82, 2.24) is 14.5 Å². The molecule has 1 aromatic heterocycles. The molecule has 2 saturated heterocycles. The first kappa shape index (κ1) is 17.2. The summed E-state index contributed by atoms with van der Waals surface area (Å²) in [6.45, 7) is 0. The molecule has 1 N–H and O–H groups in total. The zero-order chi connectivity index (χ0) is 15.4. The Morgan fingerprint density at radius 3 is 2.52 bits per heavy atom. The predicted molar refractivity (Wildman–Crippen MR) is 99.2 cm³/mol. The summed E-state index contributed by atoms with van der Waals surface area (Å²) in [5.41, 5.74) is 1.51. The summed E-state index contributed by atoms with van der Waals surface area (Å²) >= 11 is 8.47. The third-order valence-corrected chi connectivity index (χ3v) is 7.12. The molecule has 2 aromatic rings. The molecule has 0 spiro atoms. The first-order chi connectivity index (χ1) is 10.5. The van der Waals surface area contributed by atoms with E-state index in [2.05, 4.69) is 16.9 Å². The summed E-state index contributed by atoms with van der Waals surface area (Å²) in [7, 11) is 4.02. The number of imidazole rings is 1. The van der Waals surface area contributed by atoms with E-state index in [1.165, 1.54) is 25.7 Å². The Balaban J connectivity index is 0.00000156. The van der Waals surface area contributed by atoms with Crippen LogP contribution in [0.5, 0.6) is 0 Å². The fraction of sp³-hybridized carbons (Fsp3) is 0.562. The van der Waals surface area contributed by atoms with Crippen molar-refractivity contribution in [3.63, 3.8) is 0 Å². The van der Waals surface area contributed by atoms with Crippen molar-refractivity contribution in [2.75, 3.05) is 7.05 Å². The van der Waals surface area contributed by atoms with E-state index in [1.54, 1.807) is 11.6 Å². The Morgan fingerprint density at radius 1 is 1.22 bits per heavy atom. The van der Waals surface area contributed by atoms with Crippen molar-refractivity contribution in [3.8, 4) is 0 Å². The van der Waals surface area contributed by atoms with Crippen LogP contribution in [-0.4, -0.2) is 38.8 Å². The van der Waals surface area contributed by atoms with Crippen molar-refractivity contribution in [2.45, 2.75) is 47.9 Å². The summed E-state index contributed by atoms with van der Waals surface area (Å²) in [4.78, 5) is 18.2. The zero-order valence-corrected chi connectivity index (χ0v) is 15.6. The maximum atomic E-state index is 11.8. The number of benzene rings is 1. The monoisotopic (exact) mass is 373 g/mol. The summed E-state index contributed by atoms with van der Waals surface area (Å²) in [5, 5.41) is 1.33. The Bertz CT molecular complexity index is 773. The van der Waals surface area contributed by atoms with Gasteiger partial charge in [0.15, 0.2) is 0 Å². The number of nitrogens with zero attached hydrogens (tertiary/aromatic N) is 2. The second kappa shape index (κ2) is 6.36. The second-order valence-corrected chi connectivity index (χ2v) is 8.24. The Labute approximate surface area is 151 Å². The number of piperidine rings is 1. The molecule has 0 saturated carbocycles. The highest BCUT2D eigenvalue weighted by Crippen LogP contribution is 2.43. The lowest BCUT2D eigenvalue weighted by molar-refractivity contribution is 0.183. The highest BCUT2D eigenvalue weighted by molar-refractivity contribution is 8.00. The van der Waals surface area contributed by atoms with Crippen LogP contribution in [0.15, 0.2) is 21.8 Å². The smallest absolute Gasteiger partial charge is 0.305 e. The highest BCUT2D eigenvalue weighted by Gasteiger charge is 2.38. The van der Waals surface area contributed by atoms with Gasteiger partial charge in [-0.05, 0) is 44.9 Å². The van der Waals surface area contributed by atoms with Gasteiger partial charge in [0.25, 0.3) is 0 Å². The van der Waals surface area contributed by atoms with E-state index in [1.807, 2.05) is 23.9 Å². The molecule has 2 aliphatic heterocycles. The van der Waals surface area contributed by atoms with Crippen LogP contribution in [0.2, 0.25) is 5.02 Å². The first-order valence-electron chi connectivity index (χ1n) is 7.80. The van der Waals surface area contributed by atoms with Gasteiger partial charge in [0, 0.05) is 29.3 Å². The normalized spacial score (nSPS) is 27.3. The Hall–Kier alpha value is -0.620. The molecule has 0 amide bonds. The topological polar surface area (TPSA) is 41.0 Å². The lowest BCUT2D eigenvalue weighted by Crippen LogP contribution is -2.40. The van der Waals surface area contributed by atoms with Crippen LogP contribution in [0.25, 0.3) is 11.0 Å². The van der Waals surface area contributed by atoms with Gasteiger partial charge in [-0.3, -0.25) is 4.57 Å². The number of aryl methyl sites for hydroxylation is 1. The molecule has 0 aliphatic carbocycles. The van der Waals surface area contributed by atoms with E-state index in [0.29, 0.717) is 10.3 Å². The number of hydrogen-bond acceptors (Lipinski definition) is 3. The molecule has 0 radical (unpaired) electrons. The zero-order valence-electron chi connectivity index (χ0n) is 13.2. The van der Waals surface area contributed by atoms with E-state index >= 15 is 0 Å². The highest BCUT2D eigenvalue weighted by atomic mass is 35.5. The average molecular weight is 374 g/mol. The molecule has 1 aromatic carbocycles. The van der Waals surface area contributed by atoms with Crippen LogP contribution >= 0.6 is 35.8 Å². The van der Waals surface area contributed by atoms with Crippen LogP contribution in [0.3, 0.4) is 0 Å². The molecule has 2 bridgehead atoms. The number of H-pyrrole nitrogens is 1. The molecule has 7 heteroatoms. The van der Waals surface area contributed by atoms with Crippen molar-refractivity contribution < 1.29 is 0 Å². The number of rotatable bonds is 2. The van der Waals surface area contributed by atoms with Gasteiger partial charge in [-0.15, -0.1) is 24.2 Å². The molecule has 23 heavy (non-hydrogen) atoms. The van der Waals surface area contributed by atoms with Gasteiger partial charge < -0.3 is 9.88 Å². The minimum Gasteiger partial charge on any atom is -0.305 e. The molecular weight excluding hydrogens is 353 g/mol. The largest absolute Gasteiger partial charge is 0.326 e. The van der Waals surface area contributed by atoms with Gasteiger partial charge in [-0.1, -0.05) is 11.6 Å². The van der Waals surface area contributed by atoms with E-state index in [4.69, 9.17) is 11.6 Å². The van der Waals surface area contributed by atoms with Gasteiger partial charge >= 0.3 is 5.69 Å². The van der Waals surface area contributed by atoms with Gasteiger partial charge in [0.05, 0.1) is 16.1 Å². The molecule has 4 rings (SSSR count). The summed E-state index contributed by atoms with van der Waals surface area (Å²) in [5.74, 6) is 0. The van der Waals surface area contributed by atoms with Crippen LogP contribution in [-0.2, 0) is 7.05 Å². The Kier molecular flexibility index (Phi) is 4.76. The number of halogens is 2. The molecule has 126 valence electrons. The third-order valence-electron chi connectivity index (χ3n) is 5.31. The molecule has 3 atom stereocenters. The van der Waals surface area contributed by atoms with E-state index in [0.717, 1.165) is 28.0 Å². The first-order valence-corrected chi connectivity index (χ1v) is 9.06. The van der Waals surface area contributed by atoms with Crippen molar-refractivity contribution >= 4 is 46.8 Å². The lowest BCUT2D eigenvalue weighted by Gasteiger charge is -2.36. The van der Waals surface area contributed by atoms with Crippen LogP contribution in [0.1, 0.15) is 25.7 Å². The quantitative estimate of drug-likeness (QED) is 0.872. The fourth-order valence-electron chi connectivity index (χ4n) is 4.00. The summed E-state index contributed by atoms with van der Waals surface area (Å²) in [6, 6.07) is 5.48. The van der Waals surface area contributed by atoms with Crippen LogP contribution in [0.4, 0.5) is 0 Å². The van der Waals surface area contributed by atoms with E-state index in [9.17, 15) is 4.79 Å². The predicted octanol–water partition coefficient (Wildman–Crippen LogP) is 3.66. The molecule has 2 aliphatic rings. The summed E-state index contributed by atoms with van der Waals surface area (Å²) in [6.07, 6.45) is 5.13. The van der Waals surface area contributed by atoms with Gasteiger partial charge in [-0.25, -0.2) is 4.79 Å². The number of nitrogens with one attached hydrogen (secondary N) is 1. The lowest BCUT2D eigenvalue weighted by atomic mass is 10.0. The number of aromatic amines is 1. The molecule has 2 fully saturated rings. The van der Waals surface area contributed by atoms with Gasteiger partial charge in [0.2, 0.25) is 0 Å². The second-order valence-electron chi connectivity index (χ2n) is 6.52. The number of hydrogen-bond donors (Lipinski definition) is 1. The minimum atomic E-state index is -0.114. The average Bonchev–Trinajstić information content (AvgIpc) is 2.88. The number of fused-ring (bicyclic) bond motifs is 3. The molecule has 3 heterocycles. The Morgan fingerprint density at radius 2 is 1.87 bits per heavy atom. The summed E-state index contributed by atoms with van der Waals surface area (Å²) < 4.78 is 1.60. The van der Waals surface area contributed by atoms with Crippen LogP contribution in [0, 0.1) is 0 Å². The molecule has 4 nitrogen and oxygen atoms in total. The van der Waals surface area contributed by atoms with Gasteiger partial charge in [0.1, 0.15) is 0 Å². The number of aromatic nitrogens is 2. The molecular formula is C16H21Cl2N3OS. The number of thioether (sulfide) groups is 1. The third kappa shape index (κ3) is 2.82. The van der Waals surface area contributed by atoms with E-state index < -0.39 is 0 Å². The van der Waals surface area contributed by atoms with Crippen molar-refractivity contribution in [3.05, 3.63) is 27.6 Å². The maximum Gasteiger partial charge on any atom is 0.326 e. The molecule has 1 unspecified atom stereocenters. The van der Waals surface area contributed by atoms with Crippen molar-refractivity contribution in [1.29, 1.82) is 0 Å². The standard InChI is InChI=1S/C16H20ClN3OS.ClH/c1-19-9-3-4-10(19)8-11(7-9)22-13-6-5-12-15(14(13)17)20(2)16(21)18-12;/h5-6,9-11H,3-4,7-8H2,1-2H3,(H,18,21);1H/t9-,10+,11?;. The fourth-order valence-corrected chi connectivity index (χ4v) is 5.77. The van der Waals surface area contributed by atoms with Crippen molar-refractivity contribution in [2.24, 2.45) is 7.05 Å².